The van der Waals surface area contributed by atoms with Crippen LogP contribution >= 0.6 is 15.9 Å². The lowest BCUT2D eigenvalue weighted by molar-refractivity contribution is -0.202. The number of hydrogen-bond donors (Lipinski definition) is 1. The van der Waals surface area contributed by atoms with Gasteiger partial charge in [0.2, 0.25) is 0 Å². The maximum Gasteiger partial charge on any atom is 0.345 e. The van der Waals surface area contributed by atoms with Gasteiger partial charge < -0.3 is 19.3 Å². The van der Waals surface area contributed by atoms with Crippen molar-refractivity contribution in [3.63, 3.8) is 0 Å². The number of carbonyl (C=O) groups excluding carboxylic acids is 2. The summed E-state index contributed by atoms with van der Waals surface area (Å²) in [6.07, 6.45) is 1.61. The average Bonchev–Trinajstić information content (AvgIpc) is 3.34. The minimum absolute atomic E-state index is 0.136. The first-order valence-corrected chi connectivity index (χ1v) is 13.8. The number of carboxylic acids is 1. The van der Waals surface area contributed by atoms with E-state index in [1.54, 1.807) is 0 Å². The second kappa shape index (κ2) is 14.5. The number of esters is 1. The number of aldehydes is 1. The Balaban J connectivity index is 1.56. The summed E-state index contributed by atoms with van der Waals surface area (Å²) in [6, 6.07) is 17.8. The molecule has 1 N–H and O–H groups in total. The molecule has 3 atom stereocenters. The van der Waals surface area contributed by atoms with Gasteiger partial charge in [0.1, 0.15) is 5.57 Å². The maximum atomic E-state index is 12.8. The number of ether oxygens (including phenoxy) is 3. The van der Waals surface area contributed by atoms with Gasteiger partial charge in [0, 0.05) is 42.8 Å². The highest BCUT2D eigenvalue weighted by Crippen LogP contribution is 2.34. The van der Waals surface area contributed by atoms with Gasteiger partial charge in [-0.25, -0.2) is 14.5 Å². The number of nitrogens with zero attached hydrogens (tertiary/aromatic N) is 2. The molecule has 0 bridgehead atoms. The number of halogens is 1. The quantitative estimate of drug-likeness (QED) is 0.129. The number of carboxylic acid groups (broad SMARTS) is 1. The molecule has 0 radical (unpaired) electrons. The Morgan fingerprint density at radius 1 is 1.10 bits per heavy atom. The van der Waals surface area contributed by atoms with Crippen molar-refractivity contribution in [2.24, 2.45) is 0 Å². The molecule has 0 amide bonds. The Bertz CT molecular complexity index is 1150. The molecule has 2 heterocycles. The molecule has 2 aromatic rings. The van der Waals surface area contributed by atoms with Crippen molar-refractivity contribution in [2.75, 3.05) is 39.4 Å². The van der Waals surface area contributed by atoms with Crippen molar-refractivity contribution in [1.82, 2.24) is 9.80 Å². The van der Waals surface area contributed by atoms with E-state index in [2.05, 4.69) is 26.9 Å². The molecular formula is C29H33BrN2O7. The minimum atomic E-state index is -1.41. The summed E-state index contributed by atoms with van der Waals surface area (Å²) < 4.78 is 18.4. The zero-order valence-corrected chi connectivity index (χ0v) is 23.2. The van der Waals surface area contributed by atoms with Crippen molar-refractivity contribution in [3.8, 4) is 0 Å². The van der Waals surface area contributed by atoms with E-state index in [4.69, 9.17) is 19.3 Å². The van der Waals surface area contributed by atoms with E-state index in [0.29, 0.717) is 32.3 Å². The van der Waals surface area contributed by atoms with Crippen molar-refractivity contribution < 1.29 is 33.7 Å². The summed E-state index contributed by atoms with van der Waals surface area (Å²) >= 11 is 3.60. The minimum Gasteiger partial charge on any atom is -0.478 e. The van der Waals surface area contributed by atoms with Gasteiger partial charge in [-0.2, -0.15) is 0 Å². The van der Waals surface area contributed by atoms with E-state index in [1.165, 1.54) is 0 Å². The summed E-state index contributed by atoms with van der Waals surface area (Å²) in [6.45, 7) is 4.43. The van der Waals surface area contributed by atoms with Crippen LogP contribution in [0.15, 0.2) is 70.7 Å². The monoisotopic (exact) mass is 600 g/mol. The number of morpholine rings is 1. The molecule has 3 unspecified atom stereocenters. The van der Waals surface area contributed by atoms with Crippen molar-refractivity contribution in [2.45, 2.75) is 37.8 Å². The molecule has 2 saturated heterocycles. The summed E-state index contributed by atoms with van der Waals surface area (Å²) in [5, 5.41) is 9.05. The smallest absolute Gasteiger partial charge is 0.345 e. The van der Waals surface area contributed by atoms with Crippen LogP contribution in [0.4, 0.5) is 0 Å². The molecule has 0 aromatic heterocycles. The molecule has 0 aliphatic carbocycles. The molecule has 0 saturated carbocycles. The van der Waals surface area contributed by atoms with Crippen LogP contribution < -0.4 is 0 Å². The molecule has 9 nitrogen and oxygen atoms in total. The molecular weight excluding hydrogens is 568 g/mol. The lowest BCUT2D eigenvalue weighted by atomic mass is 10.0. The van der Waals surface area contributed by atoms with E-state index in [0.717, 1.165) is 48.1 Å². The Morgan fingerprint density at radius 3 is 2.51 bits per heavy atom. The lowest BCUT2D eigenvalue weighted by Gasteiger charge is -2.34. The highest BCUT2D eigenvalue weighted by Gasteiger charge is 2.40. The van der Waals surface area contributed by atoms with Gasteiger partial charge in [-0.1, -0.05) is 64.5 Å². The first-order chi connectivity index (χ1) is 18.9. The Hall–Kier alpha value is -2.89. The van der Waals surface area contributed by atoms with Gasteiger partial charge in [0.15, 0.2) is 6.29 Å². The van der Waals surface area contributed by atoms with Crippen molar-refractivity contribution in [1.29, 1.82) is 0 Å². The number of aliphatic carboxylic acids is 1. The number of aryl methyl sites for hydroxylation is 1. The topological polar surface area (TPSA) is 106 Å². The van der Waals surface area contributed by atoms with E-state index < -0.39 is 23.9 Å². The third-order valence-electron chi connectivity index (χ3n) is 6.94. The zero-order chi connectivity index (χ0) is 27.6. The van der Waals surface area contributed by atoms with Crippen molar-refractivity contribution in [3.05, 3.63) is 81.8 Å². The molecule has 4 rings (SSSR count). The van der Waals surface area contributed by atoms with Crippen LogP contribution in [0, 0.1) is 0 Å². The predicted octanol–water partition coefficient (Wildman–Crippen LogP) is 3.58. The molecule has 39 heavy (non-hydrogen) atoms. The second-order valence-electron chi connectivity index (χ2n) is 9.52. The lowest BCUT2D eigenvalue weighted by Crippen LogP contribution is -2.41. The summed E-state index contributed by atoms with van der Waals surface area (Å²) in [5.74, 6) is -2.44. The second-order valence-corrected chi connectivity index (χ2v) is 10.4. The largest absolute Gasteiger partial charge is 0.478 e. The summed E-state index contributed by atoms with van der Waals surface area (Å²) in [5.41, 5.74) is 1.62. The van der Waals surface area contributed by atoms with Crippen LogP contribution in [-0.2, 0) is 35.0 Å². The zero-order valence-electron chi connectivity index (χ0n) is 21.6. The van der Waals surface area contributed by atoms with Crippen LogP contribution in [0.1, 0.15) is 30.0 Å². The van der Waals surface area contributed by atoms with Gasteiger partial charge in [-0.05, 0) is 36.5 Å². The van der Waals surface area contributed by atoms with Gasteiger partial charge in [0.25, 0.3) is 6.41 Å². The highest BCUT2D eigenvalue weighted by atomic mass is 79.9. The molecule has 208 valence electrons. The van der Waals surface area contributed by atoms with E-state index in [9.17, 15) is 14.4 Å². The molecule has 10 heteroatoms. The van der Waals surface area contributed by atoms with E-state index in [1.807, 2.05) is 53.4 Å². The summed E-state index contributed by atoms with van der Waals surface area (Å²) in [7, 11) is 0. The molecule has 2 aromatic carbocycles. The number of benzene rings is 2. The number of rotatable bonds is 12. The predicted molar refractivity (Wildman–Crippen MR) is 147 cm³/mol. The SMILES string of the molecule is O=C/C(=C\C(=O)O)C(=O)OC1OC(CCc2ccccc2Br)CN1C(CCN1CCOCC1)c1ccccc1. The van der Waals surface area contributed by atoms with Gasteiger partial charge >= 0.3 is 11.9 Å². The number of carbonyl (C=O) groups is 3. The molecule has 2 fully saturated rings. The van der Waals surface area contributed by atoms with Crippen LogP contribution in [0.2, 0.25) is 0 Å². The van der Waals surface area contributed by atoms with Crippen molar-refractivity contribution >= 4 is 34.2 Å². The Morgan fingerprint density at radius 2 is 1.82 bits per heavy atom. The van der Waals surface area contributed by atoms with Crippen LogP contribution in [-0.4, -0.2) is 85.0 Å². The van der Waals surface area contributed by atoms with E-state index in [-0.39, 0.29) is 18.4 Å². The van der Waals surface area contributed by atoms with Crippen LogP contribution in [0.25, 0.3) is 0 Å². The van der Waals surface area contributed by atoms with E-state index >= 15 is 0 Å². The fourth-order valence-electron chi connectivity index (χ4n) is 4.92. The van der Waals surface area contributed by atoms with Crippen LogP contribution in [0.5, 0.6) is 0 Å². The third-order valence-corrected chi connectivity index (χ3v) is 7.72. The van der Waals surface area contributed by atoms with Gasteiger partial charge in [0.05, 0.1) is 19.3 Å². The number of hydrogen-bond acceptors (Lipinski definition) is 8. The Kier molecular flexibility index (Phi) is 10.8. The fraction of sp³-hybridized carbons (Fsp3) is 0.414. The third kappa shape index (κ3) is 8.30. The Labute approximate surface area is 236 Å². The first-order valence-electron chi connectivity index (χ1n) is 13.0. The summed E-state index contributed by atoms with van der Waals surface area (Å²) in [4.78, 5) is 39.7. The standard InChI is InChI=1S/C29H33BrN2O7/c30-25-9-5-4-6-21(25)10-11-24-19-32(29(38-24)39-28(36)23(20-33)18-27(34)35)26(22-7-2-1-3-8-22)12-13-31-14-16-37-17-15-31/h1-9,18,20,24,26,29H,10-17,19H2,(H,34,35)/b23-18+. The highest BCUT2D eigenvalue weighted by molar-refractivity contribution is 9.10. The van der Waals surface area contributed by atoms with Gasteiger partial charge in [-0.15, -0.1) is 0 Å². The molecule has 2 aliphatic heterocycles. The first kappa shape index (κ1) is 29.1. The maximum absolute atomic E-state index is 12.8. The average molecular weight is 601 g/mol. The van der Waals surface area contributed by atoms with Gasteiger partial charge in [-0.3, -0.25) is 9.69 Å². The fourth-order valence-corrected chi connectivity index (χ4v) is 5.40. The normalized spacial score (nSPS) is 21.4. The molecule has 0 spiro atoms. The molecule has 2 aliphatic rings. The van der Waals surface area contributed by atoms with Crippen LogP contribution in [0.3, 0.4) is 0 Å².